The maximum atomic E-state index is 11.2. The number of unbranched alkanes of at least 4 members (excludes halogenated alkanes) is 1. The molecule has 0 spiro atoms. The summed E-state index contributed by atoms with van der Waals surface area (Å²) in [7, 11) is 0. The number of carbonyl (C=O) groups is 1. The van der Waals surface area contributed by atoms with E-state index in [1.165, 1.54) is 11.3 Å². The van der Waals surface area contributed by atoms with E-state index in [-0.39, 0.29) is 0 Å². The van der Waals surface area contributed by atoms with Crippen molar-refractivity contribution in [1.29, 1.82) is 0 Å². The van der Waals surface area contributed by atoms with E-state index in [0.717, 1.165) is 33.7 Å². The number of hydrogen-bond donors (Lipinski definition) is 1. The molecular weight excluding hydrogens is 254 g/mol. The molecular formula is C12H13NO2S2. The molecule has 0 bridgehead atoms. The SMILES string of the molecule is CCCCSc1c(C(=O)O)sc2ncccc12. The van der Waals surface area contributed by atoms with E-state index >= 15 is 0 Å². The first-order valence-corrected chi connectivity index (χ1v) is 7.28. The summed E-state index contributed by atoms with van der Waals surface area (Å²) in [5.74, 6) is 0.101. The molecule has 2 rings (SSSR count). The van der Waals surface area contributed by atoms with Gasteiger partial charge in [-0.2, -0.15) is 0 Å². The number of thiophene rings is 1. The molecule has 3 nitrogen and oxygen atoms in total. The standard InChI is InChI=1S/C12H13NO2S2/c1-2-3-7-16-9-8-5-4-6-13-11(8)17-10(9)12(14)15/h4-6H,2-3,7H2,1H3,(H,14,15). The lowest BCUT2D eigenvalue weighted by Crippen LogP contribution is -1.94. The Labute approximate surface area is 108 Å². The number of carboxylic acids is 1. The van der Waals surface area contributed by atoms with Gasteiger partial charge in [0.2, 0.25) is 0 Å². The maximum Gasteiger partial charge on any atom is 0.347 e. The topological polar surface area (TPSA) is 50.2 Å². The van der Waals surface area contributed by atoms with Gasteiger partial charge in [0.25, 0.3) is 0 Å². The molecule has 0 saturated heterocycles. The van der Waals surface area contributed by atoms with E-state index in [0.29, 0.717) is 4.88 Å². The van der Waals surface area contributed by atoms with Crippen LogP contribution in [0.5, 0.6) is 0 Å². The normalized spacial score (nSPS) is 10.9. The van der Waals surface area contributed by atoms with E-state index in [4.69, 9.17) is 0 Å². The minimum Gasteiger partial charge on any atom is -0.477 e. The minimum atomic E-state index is -0.855. The number of nitrogens with zero attached hydrogens (tertiary/aromatic N) is 1. The fourth-order valence-electron chi connectivity index (χ4n) is 1.51. The molecule has 90 valence electrons. The van der Waals surface area contributed by atoms with Gasteiger partial charge in [0, 0.05) is 16.5 Å². The van der Waals surface area contributed by atoms with Gasteiger partial charge in [-0.25, -0.2) is 9.78 Å². The average molecular weight is 267 g/mol. The zero-order valence-corrected chi connectivity index (χ0v) is 11.1. The van der Waals surface area contributed by atoms with Crippen LogP contribution in [0, 0.1) is 0 Å². The summed E-state index contributed by atoms with van der Waals surface area (Å²) in [6, 6.07) is 3.80. The van der Waals surface area contributed by atoms with Gasteiger partial charge in [0.1, 0.15) is 9.71 Å². The highest BCUT2D eigenvalue weighted by molar-refractivity contribution is 7.99. The van der Waals surface area contributed by atoms with E-state index < -0.39 is 5.97 Å². The first-order chi connectivity index (χ1) is 8.24. The third-order valence-corrected chi connectivity index (χ3v) is 4.80. The molecule has 1 N–H and O–H groups in total. The molecule has 0 aliphatic carbocycles. The number of rotatable bonds is 5. The van der Waals surface area contributed by atoms with Crippen molar-refractivity contribution in [2.75, 3.05) is 5.75 Å². The summed E-state index contributed by atoms with van der Waals surface area (Å²) < 4.78 is 0. The van der Waals surface area contributed by atoms with Crippen LogP contribution >= 0.6 is 23.1 Å². The van der Waals surface area contributed by atoms with Crippen molar-refractivity contribution in [1.82, 2.24) is 4.98 Å². The number of pyridine rings is 1. The molecule has 2 aromatic rings. The Hall–Kier alpha value is -1.07. The second kappa shape index (κ2) is 5.51. The molecule has 17 heavy (non-hydrogen) atoms. The zero-order valence-electron chi connectivity index (χ0n) is 9.47. The van der Waals surface area contributed by atoms with Crippen molar-refractivity contribution in [3.05, 3.63) is 23.2 Å². The average Bonchev–Trinajstić information content (AvgIpc) is 2.69. The third kappa shape index (κ3) is 2.61. The molecule has 0 atom stereocenters. The van der Waals surface area contributed by atoms with Gasteiger partial charge in [-0.15, -0.1) is 23.1 Å². The van der Waals surface area contributed by atoms with Gasteiger partial charge in [0.15, 0.2) is 0 Å². The van der Waals surface area contributed by atoms with E-state index in [2.05, 4.69) is 11.9 Å². The first kappa shape index (κ1) is 12.4. The van der Waals surface area contributed by atoms with Gasteiger partial charge >= 0.3 is 5.97 Å². The third-order valence-electron chi connectivity index (χ3n) is 2.36. The Morgan fingerprint density at radius 3 is 3.12 bits per heavy atom. The van der Waals surface area contributed by atoms with Crippen molar-refractivity contribution >= 4 is 39.3 Å². The Bertz CT molecular complexity index is 536. The Morgan fingerprint density at radius 1 is 1.59 bits per heavy atom. The Morgan fingerprint density at radius 2 is 2.41 bits per heavy atom. The van der Waals surface area contributed by atoms with E-state index in [9.17, 15) is 9.90 Å². The molecule has 0 amide bonds. The highest BCUT2D eigenvalue weighted by Crippen LogP contribution is 2.37. The van der Waals surface area contributed by atoms with Crippen LogP contribution in [0.25, 0.3) is 10.2 Å². The summed E-state index contributed by atoms with van der Waals surface area (Å²) in [4.78, 5) is 17.5. The summed E-state index contributed by atoms with van der Waals surface area (Å²) in [5.41, 5.74) is 0. The lowest BCUT2D eigenvalue weighted by molar-refractivity contribution is 0.0699. The molecule has 0 saturated carbocycles. The van der Waals surface area contributed by atoms with E-state index in [1.54, 1.807) is 18.0 Å². The van der Waals surface area contributed by atoms with Crippen LogP contribution in [0.1, 0.15) is 29.4 Å². The smallest absolute Gasteiger partial charge is 0.347 e. The second-order valence-corrected chi connectivity index (χ2v) is 5.73. The van der Waals surface area contributed by atoms with Crippen molar-refractivity contribution in [3.63, 3.8) is 0 Å². The summed E-state index contributed by atoms with van der Waals surface area (Å²) >= 11 is 2.88. The van der Waals surface area contributed by atoms with Crippen LogP contribution in [0.2, 0.25) is 0 Å². The molecule has 0 fully saturated rings. The van der Waals surface area contributed by atoms with Crippen LogP contribution in [0.4, 0.5) is 0 Å². The predicted molar refractivity (Wildman–Crippen MR) is 72.2 cm³/mol. The summed E-state index contributed by atoms with van der Waals surface area (Å²) in [6.07, 6.45) is 3.92. The molecule has 0 unspecified atom stereocenters. The Balaban J connectivity index is 2.41. The monoisotopic (exact) mass is 267 g/mol. The first-order valence-electron chi connectivity index (χ1n) is 5.47. The maximum absolute atomic E-state index is 11.2. The van der Waals surface area contributed by atoms with Crippen LogP contribution in [-0.2, 0) is 0 Å². The van der Waals surface area contributed by atoms with Crippen LogP contribution in [-0.4, -0.2) is 21.8 Å². The fraction of sp³-hybridized carbons (Fsp3) is 0.333. The minimum absolute atomic E-state index is 0.416. The number of thioether (sulfide) groups is 1. The van der Waals surface area contributed by atoms with E-state index in [1.807, 2.05) is 12.1 Å². The quantitative estimate of drug-likeness (QED) is 0.659. The lowest BCUT2D eigenvalue weighted by Gasteiger charge is -2.00. The largest absolute Gasteiger partial charge is 0.477 e. The molecule has 0 aromatic carbocycles. The number of carboxylic acid groups (broad SMARTS) is 1. The number of aromatic carboxylic acids is 1. The number of hydrogen-bond acceptors (Lipinski definition) is 4. The Kier molecular flexibility index (Phi) is 4.02. The van der Waals surface area contributed by atoms with Crippen LogP contribution < -0.4 is 0 Å². The van der Waals surface area contributed by atoms with Gasteiger partial charge in [-0.3, -0.25) is 0 Å². The van der Waals surface area contributed by atoms with Crippen molar-refractivity contribution in [3.8, 4) is 0 Å². The zero-order chi connectivity index (χ0) is 12.3. The van der Waals surface area contributed by atoms with Gasteiger partial charge < -0.3 is 5.11 Å². The molecule has 0 radical (unpaired) electrons. The number of aromatic nitrogens is 1. The van der Waals surface area contributed by atoms with Crippen LogP contribution in [0.3, 0.4) is 0 Å². The molecule has 5 heteroatoms. The summed E-state index contributed by atoms with van der Waals surface area (Å²) in [6.45, 7) is 2.13. The van der Waals surface area contributed by atoms with Gasteiger partial charge in [-0.05, 0) is 24.3 Å². The highest BCUT2D eigenvalue weighted by Gasteiger charge is 2.18. The molecule has 0 aliphatic rings. The highest BCUT2D eigenvalue weighted by atomic mass is 32.2. The van der Waals surface area contributed by atoms with Crippen molar-refractivity contribution in [2.24, 2.45) is 0 Å². The van der Waals surface area contributed by atoms with Crippen molar-refractivity contribution < 1.29 is 9.90 Å². The second-order valence-electron chi connectivity index (χ2n) is 3.62. The van der Waals surface area contributed by atoms with Gasteiger partial charge in [0.05, 0.1) is 0 Å². The predicted octanol–water partition coefficient (Wildman–Crippen LogP) is 3.89. The van der Waals surface area contributed by atoms with Crippen LogP contribution in [0.15, 0.2) is 23.2 Å². The molecule has 2 aromatic heterocycles. The fourth-order valence-corrected chi connectivity index (χ4v) is 3.93. The molecule has 0 aliphatic heterocycles. The number of fused-ring (bicyclic) bond motifs is 1. The lowest BCUT2D eigenvalue weighted by atomic mass is 10.3. The van der Waals surface area contributed by atoms with Crippen molar-refractivity contribution in [2.45, 2.75) is 24.7 Å². The summed E-state index contributed by atoms with van der Waals surface area (Å²) in [5, 5.41) is 10.2. The molecule has 2 heterocycles. The van der Waals surface area contributed by atoms with Gasteiger partial charge in [-0.1, -0.05) is 13.3 Å².